The van der Waals surface area contributed by atoms with Crippen LogP contribution in [0.2, 0.25) is 0 Å². The van der Waals surface area contributed by atoms with Gasteiger partial charge >= 0.3 is 0 Å². The second-order valence-corrected chi connectivity index (χ2v) is 5.27. The SMILES string of the molecule is Cc1nnc(CN(C)CC(=O)Nc2ccccc2Br)o1. The fourth-order valence-corrected chi connectivity index (χ4v) is 2.07. The number of hydrogen-bond acceptors (Lipinski definition) is 5. The number of aryl methyl sites for hydroxylation is 1. The van der Waals surface area contributed by atoms with E-state index in [9.17, 15) is 4.79 Å². The molecule has 0 fully saturated rings. The van der Waals surface area contributed by atoms with E-state index in [0.29, 0.717) is 18.3 Å². The highest BCUT2D eigenvalue weighted by atomic mass is 79.9. The number of halogens is 1. The minimum Gasteiger partial charge on any atom is -0.424 e. The Bertz CT molecular complexity index is 600. The van der Waals surface area contributed by atoms with E-state index in [1.165, 1.54) is 0 Å². The Balaban J connectivity index is 1.86. The van der Waals surface area contributed by atoms with Gasteiger partial charge in [-0.25, -0.2) is 0 Å². The highest BCUT2D eigenvalue weighted by molar-refractivity contribution is 9.10. The Labute approximate surface area is 125 Å². The van der Waals surface area contributed by atoms with E-state index in [0.717, 1.165) is 10.2 Å². The first-order chi connectivity index (χ1) is 9.54. The number of amides is 1. The van der Waals surface area contributed by atoms with Crippen molar-refractivity contribution in [3.05, 3.63) is 40.5 Å². The zero-order valence-corrected chi connectivity index (χ0v) is 12.8. The van der Waals surface area contributed by atoms with Gasteiger partial charge in [-0.05, 0) is 35.1 Å². The highest BCUT2D eigenvalue weighted by Gasteiger charge is 2.11. The maximum Gasteiger partial charge on any atom is 0.238 e. The van der Waals surface area contributed by atoms with Gasteiger partial charge in [0.15, 0.2) is 0 Å². The molecular weight excluding hydrogens is 324 g/mol. The summed E-state index contributed by atoms with van der Waals surface area (Å²) in [4.78, 5) is 13.7. The molecule has 0 unspecified atom stereocenters. The van der Waals surface area contributed by atoms with Crippen molar-refractivity contribution in [1.82, 2.24) is 15.1 Å². The fraction of sp³-hybridized carbons (Fsp3) is 0.308. The Morgan fingerprint density at radius 1 is 1.40 bits per heavy atom. The standard InChI is InChI=1S/C13H15BrN4O2/c1-9-16-17-13(20-9)8-18(2)7-12(19)15-11-6-4-3-5-10(11)14/h3-6H,7-8H2,1-2H3,(H,15,19). The van der Waals surface area contributed by atoms with Crippen molar-refractivity contribution < 1.29 is 9.21 Å². The van der Waals surface area contributed by atoms with Gasteiger partial charge in [-0.3, -0.25) is 9.69 Å². The van der Waals surface area contributed by atoms with Crippen LogP contribution in [-0.2, 0) is 11.3 Å². The summed E-state index contributed by atoms with van der Waals surface area (Å²) in [6.45, 7) is 2.41. The third-order valence-corrected chi connectivity index (χ3v) is 3.23. The number of carbonyl (C=O) groups excluding carboxylic acids is 1. The van der Waals surface area contributed by atoms with Crippen LogP contribution in [0.5, 0.6) is 0 Å². The van der Waals surface area contributed by atoms with Crippen molar-refractivity contribution in [2.45, 2.75) is 13.5 Å². The van der Waals surface area contributed by atoms with Crippen molar-refractivity contribution in [1.29, 1.82) is 0 Å². The van der Waals surface area contributed by atoms with Crippen LogP contribution in [0.25, 0.3) is 0 Å². The molecule has 0 atom stereocenters. The molecule has 2 aromatic rings. The summed E-state index contributed by atoms with van der Waals surface area (Å²) in [7, 11) is 1.82. The molecule has 1 heterocycles. The Morgan fingerprint density at radius 3 is 2.80 bits per heavy atom. The smallest absolute Gasteiger partial charge is 0.238 e. The molecule has 0 saturated carbocycles. The number of anilines is 1. The number of nitrogens with one attached hydrogen (secondary N) is 1. The van der Waals surface area contributed by atoms with Gasteiger partial charge in [0.25, 0.3) is 0 Å². The zero-order chi connectivity index (χ0) is 14.5. The van der Waals surface area contributed by atoms with Gasteiger partial charge in [0, 0.05) is 11.4 Å². The van der Waals surface area contributed by atoms with Crippen LogP contribution in [0.1, 0.15) is 11.8 Å². The largest absolute Gasteiger partial charge is 0.424 e. The molecule has 0 spiro atoms. The minimum atomic E-state index is -0.101. The first kappa shape index (κ1) is 14.7. The summed E-state index contributed by atoms with van der Waals surface area (Å²) < 4.78 is 6.12. The molecular formula is C13H15BrN4O2. The predicted molar refractivity (Wildman–Crippen MR) is 78.1 cm³/mol. The number of para-hydroxylation sites is 1. The Morgan fingerprint density at radius 2 is 2.15 bits per heavy atom. The molecule has 0 aliphatic heterocycles. The average Bonchev–Trinajstić information content (AvgIpc) is 2.77. The monoisotopic (exact) mass is 338 g/mol. The topological polar surface area (TPSA) is 71.3 Å². The van der Waals surface area contributed by atoms with Crippen LogP contribution in [-0.4, -0.2) is 34.6 Å². The lowest BCUT2D eigenvalue weighted by atomic mass is 10.3. The molecule has 7 heteroatoms. The second-order valence-electron chi connectivity index (χ2n) is 4.42. The van der Waals surface area contributed by atoms with E-state index in [1.54, 1.807) is 11.8 Å². The van der Waals surface area contributed by atoms with E-state index in [-0.39, 0.29) is 12.5 Å². The van der Waals surface area contributed by atoms with E-state index >= 15 is 0 Å². The van der Waals surface area contributed by atoms with Crippen molar-refractivity contribution >= 4 is 27.5 Å². The summed E-state index contributed by atoms with van der Waals surface area (Å²) in [5, 5.41) is 10.5. The third-order valence-electron chi connectivity index (χ3n) is 2.53. The van der Waals surface area contributed by atoms with Crippen LogP contribution >= 0.6 is 15.9 Å². The summed E-state index contributed by atoms with van der Waals surface area (Å²) in [5.74, 6) is 0.917. The molecule has 0 aliphatic carbocycles. The second kappa shape index (κ2) is 6.62. The molecule has 106 valence electrons. The lowest BCUT2D eigenvalue weighted by Gasteiger charge is -2.14. The summed E-state index contributed by atoms with van der Waals surface area (Å²) in [6, 6.07) is 7.47. The molecule has 1 aromatic carbocycles. The number of rotatable bonds is 5. The van der Waals surface area contributed by atoms with Crippen LogP contribution in [0.4, 0.5) is 5.69 Å². The number of likely N-dealkylation sites (N-methyl/N-ethyl adjacent to an activating group) is 1. The van der Waals surface area contributed by atoms with E-state index in [2.05, 4.69) is 31.4 Å². The van der Waals surface area contributed by atoms with E-state index < -0.39 is 0 Å². The Hall–Kier alpha value is -1.73. The van der Waals surface area contributed by atoms with Gasteiger partial charge in [0.05, 0.1) is 18.8 Å². The Kier molecular flexibility index (Phi) is 4.86. The third kappa shape index (κ3) is 4.14. The molecule has 0 radical (unpaired) electrons. The summed E-state index contributed by atoms with van der Waals surface area (Å²) in [6.07, 6.45) is 0. The van der Waals surface area contributed by atoms with Crippen molar-refractivity contribution in [2.75, 3.05) is 18.9 Å². The number of benzene rings is 1. The number of hydrogen-bond donors (Lipinski definition) is 1. The molecule has 2 rings (SSSR count). The number of carbonyl (C=O) groups is 1. The predicted octanol–water partition coefficient (Wildman–Crippen LogP) is 2.21. The maximum absolute atomic E-state index is 11.9. The maximum atomic E-state index is 11.9. The van der Waals surface area contributed by atoms with Crippen molar-refractivity contribution in [3.8, 4) is 0 Å². The summed E-state index contributed by atoms with van der Waals surface area (Å²) in [5.41, 5.74) is 0.750. The quantitative estimate of drug-likeness (QED) is 0.904. The van der Waals surface area contributed by atoms with Gasteiger partial charge in [0.2, 0.25) is 17.7 Å². The van der Waals surface area contributed by atoms with Gasteiger partial charge in [-0.1, -0.05) is 12.1 Å². The van der Waals surface area contributed by atoms with Crippen LogP contribution in [0.15, 0.2) is 33.2 Å². The molecule has 1 amide bonds. The number of aromatic nitrogens is 2. The van der Waals surface area contributed by atoms with Gasteiger partial charge < -0.3 is 9.73 Å². The molecule has 0 bridgehead atoms. The van der Waals surface area contributed by atoms with Crippen LogP contribution < -0.4 is 5.32 Å². The van der Waals surface area contributed by atoms with E-state index in [4.69, 9.17) is 4.42 Å². The molecule has 1 aromatic heterocycles. The fourth-order valence-electron chi connectivity index (χ4n) is 1.69. The average molecular weight is 339 g/mol. The first-order valence-corrected chi connectivity index (χ1v) is 6.86. The lowest BCUT2D eigenvalue weighted by Crippen LogP contribution is -2.30. The van der Waals surface area contributed by atoms with Gasteiger partial charge in [-0.2, -0.15) is 0 Å². The minimum absolute atomic E-state index is 0.101. The molecule has 0 saturated heterocycles. The molecule has 0 aliphatic rings. The van der Waals surface area contributed by atoms with Gasteiger partial charge in [-0.15, -0.1) is 10.2 Å². The normalized spacial score (nSPS) is 10.8. The molecule has 20 heavy (non-hydrogen) atoms. The molecule has 6 nitrogen and oxygen atoms in total. The first-order valence-electron chi connectivity index (χ1n) is 6.06. The van der Waals surface area contributed by atoms with Crippen LogP contribution in [0, 0.1) is 6.92 Å². The zero-order valence-electron chi connectivity index (χ0n) is 11.3. The summed E-state index contributed by atoms with van der Waals surface area (Å²) >= 11 is 3.39. The van der Waals surface area contributed by atoms with Crippen molar-refractivity contribution in [3.63, 3.8) is 0 Å². The van der Waals surface area contributed by atoms with Gasteiger partial charge in [0.1, 0.15) is 0 Å². The number of nitrogens with zero attached hydrogens (tertiary/aromatic N) is 3. The lowest BCUT2D eigenvalue weighted by molar-refractivity contribution is -0.117. The molecule has 1 N–H and O–H groups in total. The van der Waals surface area contributed by atoms with Crippen LogP contribution in [0.3, 0.4) is 0 Å². The van der Waals surface area contributed by atoms with E-state index in [1.807, 2.05) is 31.3 Å². The van der Waals surface area contributed by atoms with Crippen molar-refractivity contribution in [2.24, 2.45) is 0 Å². The highest BCUT2D eigenvalue weighted by Crippen LogP contribution is 2.20.